The first kappa shape index (κ1) is 16.5. The number of sulfone groups is 1. The number of fused-ring (bicyclic) bond motifs is 1. The average molecular weight is 373 g/mol. The van der Waals surface area contributed by atoms with E-state index in [0.717, 1.165) is 16.2 Å². The Morgan fingerprint density at radius 2 is 1.20 bits per heavy atom. The first-order chi connectivity index (χ1) is 12.0. The number of hydrogen-bond donors (Lipinski definition) is 0. The van der Waals surface area contributed by atoms with Crippen LogP contribution in [0.1, 0.15) is 11.1 Å². The van der Waals surface area contributed by atoms with Gasteiger partial charge < -0.3 is 9.80 Å². The number of thiocarbonyl (C=S) groups is 1. The molecule has 0 aromatic heterocycles. The minimum absolute atomic E-state index is 0.0542. The summed E-state index contributed by atoms with van der Waals surface area (Å²) < 4.78 is 24.5. The highest BCUT2D eigenvalue weighted by atomic mass is 32.2. The van der Waals surface area contributed by atoms with Gasteiger partial charge in [0, 0.05) is 13.1 Å². The van der Waals surface area contributed by atoms with Crippen molar-refractivity contribution >= 4 is 27.2 Å². The van der Waals surface area contributed by atoms with Crippen molar-refractivity contribution in [3.63, 3.8) is 0 Å². The van der Waals surface area contributed by atoms with Gasteiger partial charge in [0.1, 0.15) is 0 Å². The van der Waals surface area contributed by atoms with E-state index in [1.807, 2.05) is 36.4 Å². The summed E-state index contributed by atoms with van der Waals surface area (Å²) in [6, 6.07) is 20.1. The molecular formula is C19H20N2O2S2. The zero-order valence-corrected chi connectivity index (χ0v) is 15.4. The molecule has 0 saturated carbocycles. The molecule has 0 N–H and O–H groups in total. The molecule has 2 aromatic carbocycles. The van der Waals surface area contributed by atoms with Gasteiger partial charge in [-0.3, -0.25) is 0 Å². The molecule has 2 fully saturated rings. The molecule has 2 aliphatic heterocycles. The minimum Gasteiger partial charge on any atom is -0.339 e. The Hall–Kier alpha value is -1.92. The second kappa shape index (κ2) is 6.42. The Balaban J connectivity index is 1.63. The Kier molecular flexibility index (Phi) is 4.25. The molecule has 2 aliphatic rings. The lowest BCUT2D eigenvalue weighted by atomic mass is 10.1. The van der Waals surface area contributed by atoms with Gasteiger partial charge in [-0.15, -0.1) is 0 Å². The van der Waals surface area contributed by atoms with Crippen LogP contribution in [-0.4, -0.2) is 46.9 Å². The van der Waals surface area contributed by atoms with Crippen molar-refractivity contribution in [1.82, 2.24) is 9.80 Å². The van der Waals surface area contributed by atoms with E-state index >= 15 is 0 Å². The van der Waals surface area contributed by atoms with E-state index < -0.39 is 9.84 Å². The topological polar surface area (TPSA) is 40.6 Å². The van der Waals surface area contributed by atoms with E-state index in [-0.39, 0.29) is 23.6 Å². The van der Waals surface area contributed by atoms with Gasteiger partial charge in [0.2, 0.25) is 0 Å². The molecule has 4 rings (SSSR count). The van der Waals surface area contributed by atoms with Crippen LogP contribution in [0.5, 0.6) is 0 Å². The standard InChI is InChI=1S/C19H20N2O2S2/c22-25(23)13-17-18(14-25)21(12-16-9-5-2-6-10-16)19(24)20(17)11-15-7-3-1-4-8-15/h1-10,17-18H,11-14H2/t17-,18-/m1/s1. The predicted octanol–water partition coefficient (Wildman–Crippen LogP) is 2.45. The minimum atomic E-state index is -3.02. The van der Waals surface area contributed by atoms with Crippen LogP contribution in [0.4, 0.5) is 0 Å². The molecule has 0 aliphatic carbocycles. The second-order valence-corrected chi connectivity index (χ2v) is 9.24. The monoisotopic (exact) mass is 372 g/mol. The van der Waals surface area contributed by atoms with Gasteiger partial charge in [-0.2, -0.15) is 0 Å². The van der Waals surface area contributed by atoms with E-state index in [4.69, 9.17) is 12.2 Å². The molecule has 0 unspecified atom stereocenters. The van der Waals surface area contributed by atoms with Crippen molar-refractivity contribution in [3.8, 4) is 0 Å². The van der Waals surface area contributed by atoms with Crippen molar-refractivity contribution in [2.45, 2.75) is 25.2 Å². The summed E-state index contributed by atoms with van der Waals surface area (Å²) >= 11 is 5.75. The quantitative estimate of drug-likeness (QED) is 0.771. The van der Waals surface area contributed by atoms with Crippen molar-refractivity contribution in [1.29, 1.82) is 0 Å². The fraction of sp³-hybridized carbons (Fsp3) is 0.316. The molecule has 2 saturated heterocycles. The Morgan fingerprint density at radius 3 is 1.60 bits per heavy atom. The van der Waals surface area contributed by atoms with E-state index in [0.29, 0.717) is 13.1 Å². The Labute approximate surface area is 154 Å². The summed E-state index contributed by atoms with van der Waals surface area (Å²) in [4.78, 5) is 4.20. The highest BCUT2D eigenvalue weighted by Crippen LogP contribution is 2.33. The molecular weight excluding hydrogens is 352 g/mol. The number of rotatable bonds is 4. The van der Waals surface area contributed by atoms with Crippen LogP contribution >= 0.6 is 12.2 Å². The second-order valence-electron chi connectivity index (χ2n) is 6.72. The summed E-state index contributed by atoms with van der Waals surface area (Å²) in [5.41, 5.74) is 2.30. The molecule has 6 heteroatoms. The maximum atomic E-state index is 12.3. The fourth-order valence-corrected chi connectivity index (χ4v) is 6.17. The molecule has 0 bridgehead atoms. The van der Waals surface area contributed by atoms with Gasteiger partial charge in [-0.1, -0.05) is 60.7 Å². The predicted molar refractivity (Wildman–Crippen MR) is 103 cm³/mol. The van der Waals surface area contributed by atoms with Crippen molar-refractivity contribution < 1.29 is 8.42 Å². The van der Waals surface area contributed by atoms with Crippen molar-refractivity contribution in [2.75, 3.05) is 11.5 Å². The summed E-state index contributed by atoms with van der Waals surface area (Å²) in [6.07, 6.45) is 0. The lowest BCUT2D eigenvalue weighted by molar-refractivity contribution is 0.306. The lowest BCUT2D eigenvalue weighted by Gasteiger charge is -2.25. The van der Waals surface area contributed by atoms with Crippen LogP contribution in [0.2, 0.25) is 0 Å². The smallest absolute Gasteiger partial charge is 0.172 e. The molecule has 4 nitrogen and oxygen atoms in total. The number of nitrogens with zero attached hydrogens (tertiary/aromatic N) is 2. The highest BCUT2D eigenvalue weighted by Gasteiger charge is 2.51. The summed E-state index contributed by atoms with van der Waals surface area (Å²) in [7, 11) is -3.02. The lowest BCUT2D eigenvalue weighted by Crippen LogP contribution is -2.36. The van der Waals surface area contributed by atoms with E-state index in [1.165, 1.54) is 0 Å². The molecule has 2 heterocycles. The molecule has 0 spiro atoms. The van der Waals surface area contributed by atoms with E-state index in [2.05, 4.69) is 34.1 Å². The van der Waals surface area contributed by atoms with Crippen molar-refractivity contribution in [2.24, 2.45) is 0 Å². The van der Waals surface area contributed by atoms with Crippen LogP contribution in [0, 0.1) is 0 Å². The fourth-order valence-electron chi connectivity index (χ4n) is 3.78. The summed E-state index contributed by atoms with van der Waals surface area (Å²) in [5.74, 6) is 0.381. The third-order valence-electron chi connectivity index (χ3n) is 4.98. The van der Waals surface area contributed by atoms with Crippen molar-refractivity contribution in [3.05, 3.63) is 71.8 Å². The normalized spacial score (nSPS) is 24.6. The number of benzene rings is 2. The Morgan fingerprint density at radius 1 is 0.800 bits per heavy atom. The van der Waals surface area contributed by atoms with Gasteiger partial charge in [0.15, 0.2) is 14.9 Å². The Bertz CT molecular complexity index is 803. The molecule has 2 aromatic rings. The largest absolute Gasteiger partial charge is 0.339 e. The van der Waals surface area contributed by atoms with Crippen LogP contribution in [-0.2, 0) is 22.9 Å². The van der Waals surface area contributed by atoms with E-state index in [9.17, 15) is 8.42 Å². The molecule has 130 valence electrons. The zero-order valence-electron chi connectivity index (χ0n) is 13.8. The van der Waals surface area contributed by atoms with Crippen LogP contribution in [0.25, 0.3) is 0 Å². The first-order valence-corrected chi connectivity index (χ1v) is 10.6. The molecule has 0 amide bonds. The third kappa shape index (κ3) is 3.28. The van der Waals surface area contributed by atoms with E-state index in [1.54, 1.807) is 0 Å². The summed E-state index contributed by atoms with van der Waals surface area (Å²) in [5, 5.41) is 0.762. The van der Waals surface area contributed by atoms with Gasteiger partial charge in [-0.05, 0) is 23.3 Å². The molecule has 0 radical (unpaired) electrons. The van der Waals surface area contributed by atoms with Gasteiger partial charge >= 0.3 is 0 Å². The highest BCUT2D eigenvalue weighted by molar-refractivity contribution is 7.91. The van der Waals surface area contributed by atoms with Crippen LogP contribution in [0.15, 0.2) is 60.7 Å². The first-order valence-electron chi connectivity index (χ1n) is 8.39. The average Bonchev–Trinajstić information content (AvgIpc) is 3.03. The summed E-state index contributed by atoms with van der Waals surface area (Å²) in [6.45, 7) is 1.31. The maximum Gasteiger partial charge on any atom is 0.172 e. The molecule has 2 atom stereocenters. The maximum absolute atomic E-state index is 12.3. The molecule has 25 heavy (non-hydrogen) atoms. The van der Waals surface area contributed by atoms with Crippen LogP contribution < -0.4 is 0 Å². The zero-order chi connectivity index (χ0) is 17.4. The third-order valence-corrected chi connectivity index (χ3v) is 7.14. The van der Waals surface area contributed by atoms with Gasteiger partial charge in [0.05, 0.1) is 23.6 Å². The van der Waals surface area contributed by atoms with Crippen LogP contribution in [0.3, 0.4) is 0 Å². The van der Waals surface area contributed by atoms with Gasteiger partial charge in [0.25, 0.3) is 0 Å². The SMILES string of the molecule is O=S1(=O)C[C@@H]2[C@@H](C1)N(Cc1ccccc1)C(=S)N2Cc1ccccc1. The van der Waals surface area contributed by atoms with Gasteiger partial charge in [-0.25, -0.2) is 8.42 Å². The number of hydrogen-bond acceptors (Lipinski definition) is 3.